The van der Waals surface area contributed by atoms with Crippen molar-refractivity contribution in [3.63, 3.8) is 0 Å². The average molecular weight is 302 g/mol. The molecule has 7 heteroatoms. The molecule has 1 aromatic heterocycles. The number of carbonyl (C=O) groups excluding carboxylic acids is 1. The van der Waals surface area contributed by atoms with Gasteiger partial charge in [0.1, 0.15) is 6.54 Å². The maximum atomic E-state index is 12.3. The van der Waals surface area contributed by atoms with E-state index in [1.54, 1.807) is 24.3 Å². The molecule has 2 heterocycles. The molecule has 116 valence electrons. The highest BCUT2D eigenvalue weighted by Crippen LogP contribution is 2.03. The van der Waals surface area contributed by atoms with Crippen LogP contribution < -0.4 is 21.9 Å². The molecule has 1 fully saturated rings. The maximum Gasteiger partial charge on any atom is 0.329 e. The molecular formula is C15H18N4O3. The Morgan fingerprint density at radius 1 is 1.32 bits per heavy atom. The van der Waals surface area contributed by atoms with Crippen molar-refractivity contribution in [3.8, 4) is 0 Å². The first kappa shape index (κ1) is 14.5. The summed E-state index contributed by atoms with van der Waals surface area (Å²) in [5, 5.41) is 6.45. The monoisotopic (exact) mass is 302 g/mol. The van der Waals surface area contributed by atoms with E-state index in [1.807, 2.05) is 0 Å². The number of hydrogen-bond donors (Lipinski definition) is 3. The van der Waals surface area contributed by atoms with E-state index in [-0.39, 0.29) is 18.5 Å². The van der Waals surface area contributed by atoms with Crippen molar-refractivity contribution in [2.75, 3.05) is 13.1 Å². The zero-order valence-corrected chi connectivity index (χ0v) is 12.1. The molecule has 22 heavy (non-hydrogen) atoms. The molecule has 1 amide bonds. The number of para-hydroxylation sites is 1. The predicted octanol–water partition coefficient (Wildman–Crippen LogP) is -0.442. The van der Waals surface area contributed by atoms with Crippen molar-refractivity contribution >= 4 is 16.8 Å². The number of nitrogens with one attached hydrogen (secondary N) is 3. The van der Waals surface area contributed by atoms with E-state index in [2.05, 4.69) is 15.6 Å². The molecule has 1 atom stereocenters. The molecule has 7 nitrogen and oxygen atoms in total. The molecule has 0 saturated carbocycles. The summed E-state index contributed by atoms with van der Waals surface area (Å²) < 4.78 is 0.938. The van der Waals surface area contributed by atoms with Crippen LogP contribution in [0, 0.1) is 0 Å². The number of hydrogen-bond acceptors (Lipinski definition) is 4. The Morgan fingerprint density at radius 3 is 2.91 bits per heavy atom. The fourth-order valence-electron chi connectivity index (χ4n) is 2.73. The van der Waals surface area contributed by atoms with Crippen LogP contribution in [0.3, 0.4) is 0 Å². The molecule has 1 aliphatic rings. The average Bonchev–Trinajstić information content (AvgIpc) is 2.52. The first-order chi connectivity index (χ1) is 10.6. The number of H-pyrrole nitrogens is 1. The quantitative estimate of drug-likeness (QED) is 0.716. The summed E-state index contributed by atoms with van der Waals surface area (Å²) in [6, 6.07) is 6.81. The highest BCUT2D eigenvalue weighted by atomic mass is 16.2. The van der Waals surface area contributed by atoms with Crippen LogP contribution in [0.2, 0.25) is 0 Å². The zero-order valence-electron chi connectivity index (χ0n) is 12.1. The first-order valence-corrected chi connectivity index (χ1v) is 7.37. The van der Waals surface area contributed by atoms with Crippen molar-refractivity contribution in [2.24, 2.45) is 0 Å². The van der Waals surface area contributed by atoms with E-state index in [4.69, 9.17) is 0 Å². The van der Waals surface area contributed by atoms with Gasteiger partial charge in [-0.25, -0.2) is 4.79 Å². The summed E-state index contributed by atoms with van der Waals surface area (Å²) in [7, 11) is 0. The lowest BCUT2D eigenvalue weighted by Crippen LogP contribution is -2.48. The van der Waals surface area contributed by atoms with Gasteiger partial charge in [0.05, 0.1) is 10.9 Å². The number of carbonyl (C=O) groups is 1. The summed E-state index contributed by atoms with van der Waals surface area (Å²) in [5.74, 6) is -0.323. The lowest BCUT2D eigenvalue weighted by Gasteiger charge is -2.23. The molecule has 0 aliphatic carbocycles. The van der Waals surface area contributed by atoms with Crippen molar-refractivity contribution in [3.05, 3.63) is 45.1 Å². The Labute approximate surface area is 126 Å². The van der Waals surface area contributed by atoms with Gasteiger partial charge in [0, 0.05) is 12.6 Å². The second kappa shape index (κ2) is 6.15. The van der Waals surface area contributed by atoms with E-state index >= 15 is 0 Å². The molecule has 3 N–H and O–H groups in total. The van der Waals surface area contributed by atoms with Gasteiger partial charge in [-0.15, -0.1) is 0 Å². The lowest BCUT2D eigenvalue weighted by molar-refractivity contribution is -0.122. The van der Waals surface area contributed by atoms with Gasteiger partial charge in [-0.05, 0) is 31.5 Å². The molecule has 0 radical (unpaired) electrons. The number of fused-ring (bicyclic) bond motifs is 1. The van der Waals surface area contributed by atoms with Gasteiger partial charge in [-0.2, -0.15) is 0 Å². The molecule has 2 aromatic rings. The normalized spacial score (nSPS) is 18.3. The van der Waals surface area contributed by atoms with Crippen LogP contribution in [0.5, 0.6) is 0 Å². The Kier molecular flexibility index (Phi) is 4.06. The Bertz CT molecular complexity index is 802. The maximum absolute atomic E-state index is 12.3. The minimum absolute atomic E-state index is 0.0523. The van der Waals surface area contributed by atoms with Crippen molar-refractivity contribution < 1.29 is 4.79 Å². The Balaban J connectivity index is 1.82. The van der Waals surface area contributed by atoms with Crippen LogP contribution in [-0.2, 0) is 11.3 Å². The Hall–Kier alpha value is -2.41. The van der Waals surface area contributed by atoms with Crippen molar-refractivity contribution in [1.29, 1.82) is 0 Å². The van der Waals surface area contributed by atoms with E-state index in [0.29, 0.717) is 17.4 Å². The number of nitrogens with zero attached hydrogens (tertiary/aromatic N) is 1. The van der Waals surface area contributed by atoms with Gasteiger partial charge in [-0.1, -0.05) is 12.1 Å². The van der Waals surface area contributed by atoms with Gasteiger partial charge < -0.3 is 15.6 Å². The topological polar surface area (TPSA) is 96.0 Å². The standard InChI is InChI=1S/C15H18N4O3/c20-13(17-10-4-3-7-16-8-10)9-19-14(21)11-5-1-2-6-12(11)18-15(19)22/h1-2,5-6,10,16H,3-4,7-9H2,(H,17,20)(H,18,22)/t10-/m0/s1. The van der Waals surface area contributed by atoms with Gasteiger partial charge in [0.25, 0.3) is 5.56 Å². The second-order valence-electron chi connectivity index (χ2n) is 5.48. The fourth-order valence-corrected chi connectivity index (χ4v) is 2.73. The minimum Gasteiger partial charge on any atom is -0.351 e. The van der Waals surface area contributed by atoms with Gasteiger partial charge >= 0.3 is 5.69 Å². The van der Waals surface area contributed by atoms with E-state index < -0.39 is 11.2 Å². The third kappa shape index (κ3) is 2.94. The number of benzene rings is 1. The summed E-state index contributed by atoms with van der Waals surface area (Å²) >= 11 is 0. The van der Waals surface area contributed by atoms with Gasteiger partial charge in [0.2, 0.25) is 5.91 Å². The molecule has 1 aliphatic heterocycles. The third-order valence-electron chi connectivity index (χ3n) is 3.85. The van der Waals surface area contributed by atoms with Gasteiger partial charge in [0.15, 0.2) is 0 Å². The third-order valence-corrected chi connectivity index (χ3v) is 3.85. The van der Waals surface area contributed by atoms with E-state index in [0.717, 1.165) is 24.0 Å². The summed E-state index contributed by atoms with van der Waals surface area (Å²) in [6.07, 6.45) is 1.91. The number of amides is 1. The molecule has 0 unspecified atom stereocenters. The molecular weight excluding hydrogens is 284 g/mol. The van der Waals surface area contributed by atoms with Crippen LogP contribution in [-0.4, -0.2) is 34.6 Å². The summed E-state index contributed by atoms with van der Waals surface area (Å²) in [6.45, 7) is 1.40. The number of rotatable bonds is 3. The van der Waals surface area contributed by atoms with Crippen LogP contribution >= 0.6 is 0 Å². The highest BCUT2D eigenvalue weighted by molar-refractivity contribution is 5.79. The predicted molar refractivity (Wildman–Crippen MR) is 82.9 cm³/mol. The lowest BCUT2D eigenvalue weighted by atomic mass is 10.1. The van der Waals surface area contributed by atoms with Crippen LogP contribution in [0.4, 0.5) is 0 Å². The molecule has 0 spiro atoms. The fraction of sp³-hybridized carbons (Fsp3) is 0.400. The summed E-state index contributed by atoms with van der Waals surface area (Å²) in [4.78, 5) is 39.0. The first-order valence-electron chi connectivity index (χ1n) is 7.37. The minimum atomic E-state index is -0.569. The highest BCUT2D eigenvalue weighted by Gasteiger charge is 2.17. The largest absolute Gasteiger partial charge is 0.351 e. The SMILES string of the molecule is O=C(Cn1c(=O)[nH]c2ccccc2c1=O)N[C@H]1CCCNC1. The van der Waals surface area contributed by atoms with Gasteiger partial charge in [-0.3, -0.25) is 14.2 Å². The Morgan fingerprint density at radius 2 is 2.14 bits per heavy atom. The van der Waals surface area contributed by atoms with Crippen LogP contribution in [0.15, 0.2) is 33.9 Å². The number of aromatic amines is 1. The number of aromatic nitrogens is 2. The van der Waals surface area contributed by atoms with Crippen LogP contribution in [0.1, 0.15) is 12.8 Å². The number of piperidine rings is 1. The zero-order chi connectivity index (χ0) is 15.5. The molecule has 1 saturated heterocycles. The van der Waals surface area contributed by atoms with Crippen molar-refractivity contribution in [2.45, 2.75) is 25.4 Å². The molecule has 1 aromatic carbocycles. The van der Waals surface area contributed by atoms with E-state index in [9.17, 15) is 14.4 Å². The molecule has 3 rings (SSSR count). The van der Waals surface area contributed by atoms with E-state index in [1.165, 1.54) is 0 Å². The molecule has 0 bridgehead atoms. The summed E-state index contributed by atoms with van der Waals surface area (Å²) in [5.41, 5.74) is -0.539. The smallest absolute Gasteiger partial charge is 0.329 e. The van der Waals surface area contributed by atoms with Crippen LogP contribution in [0.25, 0.3) is 10.9 Å². The second-order valence-corrected chi connectivity index (χ2v) is 5.48. The van der Waals surface area contributed by atoms with Crippen molar-refractivity contribution in [1.82, 2.24) is 20.2 Å².